The molecule has 1 atom stereocenters. The molecule has 1 aromatic heterocycles. The Balaban J connectivity index is 2.62. The first-order valence-electron chi connectivity index (χ1n) is 9.78. The van der Waals surface area contributed by atoms with E-state index in [0.717, 1.165) is 0 Å². The smallest absolute Gasteiger partial charge is 0.229 e. The highest BCUT2D eigenvalue weighted by Gasteiger charge is 2.28. The largest absolute Gasteiger partial charge is 0.491 e. The van der Waals surface area contributed by atoms with Crippen LogP contribution in [-0.2, 0) is 4.79 Å². The van der Waals surface area contributed by atoms with Crippen LogP contribution in [0.5, 0.6) is 11.6 Å². The number of methoxy groups -OCH3 is 1. The third-order valence-electron chi connectivity index (χ3n) is 4.26. The van der Waals surface area contributed by atoms with Gasteiger partial charge in [0.25, 0.3) is 0 Å². The van der Waals surface area contributed by atoms with E-state index in [4.69, 9.17) is 21.1 Å². The molecule has 1 amide bonds. The number of ether oxygens (including phenoxy) is 2. The number of pyridine rings is 1. The van der Waals surface area contributed by atoms with Gasteiger partial charge in [-0.15, -0.1) is 0 Å². The SMILES string of the molecule is COc1ncccc1[C@H](O)c1cc(Cl)cc(OCC(C)(C)C)c1NC(=O)C(C)(C)C. The quantitative estimate of drug-likeness (QED) is 0.650. The van der Waals surface area contributed by atoms with Crippen molar-refractivity contribution >= 4 is 23.2 Å². The van der Waals surface area contributed by atoms with Crippen LogP contribution < -0.4 is 14.8 Å². The molecule has 2 N–H and O–H groups in total. The van der Waals surface area contributed by atoms with E-state index < -0.39 is 11.5 Å². The number of carbonyl (C=O) groups is 1. The Morgan fingerprint density at radius 1 is 1.20 bits per heavy atom. The second-order valence-electron chi connectivity index (χ2n) is 9.43. The van der Waals surface area contributed by atoms with Crippen LogP contribution in [0, 0.1) is 10.8 Å². The lowest BCUT2D eigenvalue weighted by atomic mass is 9.94. The van der Waals surface area contributed by atoms with Crippen molar-refractivity contribution < 1.29 is 19.4 Å². The summed E-state index contributed by atoms with van der Waals surface area (Å²) in [5.74, 6) is 0.471. The van der Waals surface area contributed by atoms with Crippen LogP contribution in [0.2, 0.25) is 5.02 Å². The Hall–Kier alpha value is -2.31. The summed E-state index contributed by atoms with van der Waals surface area (Å²) in [5, 5.41) is 14.5. The van der Waals surface area contributed by atoms with Gasteiger partial charge in [-0.25, -0.2) is 4.98 Å². The van der Waals surface area contributed by atoms with Gasteiger partial charge in [-0.3, -0.25) is 4.79 Å². The number of carbonyl (C=O) groups excluding carboxylic acids is 1. The molecule has 1 heterocycles. The zero-order chi connectivity index (χ0) is 22.7. The summed E-state index contributed by atoms with van der Waals surface area (Å²) in [4.78, 5) is 16.9. The van der Waals surface area contributed by atoms with Gasteiger partial charge in [0.05, 0.1) is 19.4 Å². The molecule has 0 radical (unpaired) electrons. The molecule has 164 valence electrons. The van der Waals surface area contributed by atoms with Crippen LogP contribution in [-0.4, -0.2) is 29.7 Å². The summed E-state index contributed by atoms with van der Waals surface area (Å²) >= 11 is 6.35. The number of anilines is 1. The van der Waals surface area contributed by atoms with E-state index in [2.05, 4.69) is 10.3 Å². The maximum Gasteiger partial charge on any atom is 0.229 e. The average Bonchev–Trinajstić information content (AvgIpc) is 2.65. The normalized spacial score (nSPS) is 13.0. The van der Waals surface area contributed by atoms with E-state index in [1.165, 1.54) is 7.11 Å². The molecule has 0 unspecified atom stereocenters. The summed E-state index contributed by atoms with van der Waals surface area (Å²) in [7, 11) is 1.48. The molecule has 0 saturated heterocycles. The van der Waals surface area contributed by atoms with Gasteiger partial charge < -0.3 is 19.9 Å². The topological polar surface area (TPSA) is 80.7 Å². The molecule has 0 aliphatic rings. The van der Waals surface area contributed by atoms with Gasteiger partial charge in [0.1, 0.15) is 11.9 Å². The van der Waals surface area contributed by atoms with Gasteiger partial charge in [-0.05, 0) is 23.6 Å². The fourth-order valence-electron chi connectivity index (χ4n) is 2.61. The predicted octanol–water partition coefficient (Wildman–Crippen LogP) is 5.23. The number of aliphatic hydroxyl groups is 1. The second-order valence-corrected chi connectivity index (χ2v) is 9.86. The Morgan fingerprint density at radius 3 is 2.43 bits per heavy atom. The number of rotatable bonds is 6. The van der Waals surface area contributed by atoms with Gasteiger partial charge >= 0.3 is 0 Å². The van der Waals surface area contributed by atoms with Crippen LogP contribution in [0.1, 0.15) is 58.8 Å². The number of nitrogens with zero attached hydrogens (tertiary/aromatic N) is 1. The van der Waals surface area contributed by atoms with Crippen LogP contribution in [0.25, 0.3) is 0 Å². The summed E-state index contributed by atoms with van der Waals surface area (Å²) in [6.45, 7) is 12.0. The number of hydrogen-bond acceptors (Lipinski definition) is 5. The van der Waals surface area contributed by atoms with Gasteiger partial charge in [0.15, 0.2) is 0 Å². The molecule has 2 rings (SSSR count). The number of amides is 1. The zero-order valence-corrected chi connectivity index (χ0v) is 19.4. The average molecular weight is 435 g/mol. The lowest BCUT2D eigenvalue weighted by Crippen LogP contribution is -2.29. The molecule has 0 saturated carbocycles. The van der Waals surface area contributed by atoms with Crippen molar-refractivity contribution in [2.45, 2.75) is 47.6 Å². The fourth-order valence-corrected chi connectivity index (χ4v) is 2.83. The van der Waals surface area contributed by atoms with E-state index in [-0.39, 0.29) is 17.2 Å². The number of aromatic nitrogens is 1. The summed E-state index contributed by atoms with van der Waals surface area (Å²) < 4.78 is 11.3. The first kappa shape index (κ1) is 24.0. The molecule has 6 nitrogen and oxygen atoms in total. The summed E-state index contributed by atoms with van der Waals surface area (Å²) in [6.07, 6.45) is 0.437. The molecule has 0 spiro atoms. The van der Waals surface area contributed by atoms with Gasteiger partial charge in [-0.2, -0.15) is 0 Å². The monoisotopic (exact) mass is 434 g/mol. The lowest BCUT2D eigenvalue weighted by Gasteiger charge is -2.26. The molecular formula is C23H31ClN2O4. The molecule has 0 aliphatic heterocycles. The van der Waals surface area contributed by atoms with Gasteiger partial charge in [0, 0.05) is 33.8 Å². The van der Waals surface area contributed by atoms with E-state index in [9.17, 15) is 9.90 Å². The molecular weight excluding hydrogens is 404 g/mol. The fraction of sp³-hybridized carbons (Fsp3) is 0.478. The van der Waals surface area contributed by atoms with Crippen molar-refractivity contribution in [2.75, 3.05) is 19.0 Å². The lowest BCUT2D eigenvalue weighted by molar-refractivity contribution is -0.123. The van der Waals surface area contributed by atoms with Crippen molar-refractivity contribution in [3.63, 3.8) is 0 Å². The number of benzene rings is 1. The van der Waals surface area contributed by atoms with E-state index in [1.54, 1.807) is 30.5 Å². The van der Waals surface area contributed by atoms with Crippen molar-refractivity contribution in [2.24, 2.45) is 10.8 Å². The van der Waals surface area contributed by atoms with Gasteiger partial charge in [0.2, 0.25) is 11.8 Å². The van der Waals surface area contributed by atoms with E-state index >= 15 is 0 Å². The maximum absolute atomic E-state index is 12.8. The van der Waals surface area contributed by atoms with Crippen LogP contribution in [0.3, 0.4) is 0 Å². The molecule has 0 aliphatic carbocycles. The minimum Gasteiger partial charge on any atom is -0.491 e. The van der Waals surface area contributed by atoms with Crippen molar-refractivity contribution in [3.8, 4) is 11.6 Å². The third kappa shape index (κ3) is 6.09. The maximum atomic E-state index is 12.8. The predicted molar refractivity (Wildman–Crippen MR) is 119 cm³/mol. The number of hydrogen-bond donors (Lipinski definition) is 2. The van der Waals surface area contributed by atoms with Crippen molar-refractivity contribution in [3.05, 3.63) is 46.6 Å². The number of aliphatic hydroxyl groups excluding tert-OH is 1. The molecule has 30 heavy (non-hydrogen) atoms. The van der Waals surface area contributed by atoms with Crippen LogP contribution in [0.15, 0.2) is 30.5 Å². The first-order chi connectivity index (χ1) is 13.8. The van der Waals surface area contributed by atoms with Crippen LogP contribution >= 0.6 is 11.6 Å². The van der Waals surface area contributed by atoms with E-state index in [0.29, 0.717) is 34.2 Å². The zero-order valence-electron chi connectivity index (χ0n) is 18.7. The Kier molecular flexibility index (Phi) is 7.37. The third-order valence-corrected chi connectivity index (χ3v) is 4.48. The van der Waals surface area contributed by atoms with E-state index in [1.807, 2.05) is 41.5 Å². The molecule has 0 fully saturated rings. The highest BCUT2D eigenvalue weighted by Crippen LogP contribution is 2.41. The number of nitrogens with one attached hydrogen (secondary N) is 1. The van der Waals surface area contributed by atoms with Crippen molar-refractivity contribution in [1.82, 2.24) is 4.98 Å². The summed E-state index contributed by atoms with van der Waals surface area (Å²) in [6, 6.07) is 6.67. The molecule has 2 aromatic rings. The highest BCUT2D eigenvalue weighted by molar-refractivity contribution is 6.31. The Bertz CT molecular complexity index is 901. The molecule has 0 bridgehead atoms. The minimum absolute atomic E-state index is 0.112. The standard InChI is InChI=1S/C23H31ClN2O4/c1-22(2,3)13-30-17-12-14(24)11-16(18(17)26-21(28)23(4,5)6)19(27)15-9-8-10-25-20(15)29-7/h8-12,19,27H,13H2,1-7H3,(H,26,28)/t19-/m0/s1. The second kappa shape index (κ2) is 9.23. The molecule has 7 heteroatoms. The van der Waals surface area contributed by atoms with Crippen molar-refractivity contribution in [1.29, 1.82) is 0 Å². The number of halogens is 1. The minimum atomic E-state index is -1.14. The Morgan fingerprint density at radius 2 is 1.87 bits per heavy atom. The van der Waals surface area contributed by atoms with Gasteiger partial charge in [-0.1, -0.05) is 53.1 Å². The first-order valence-corrected chi connectivity index (χ1v) is 10.2. The summed E-state index contributed by atoms with van der Waals surface area (Å²) in [5.41, 5.74) is 0.473. The van der Waals surface area contributed by atoms with Crippen LogP contribution in [0.4, 0.5) is 5.69 Å². The molecule has 1 aromatic carbocycles. The Labute approximate surface area is 183 Å². The highest BCUT2D eigenvalue weighted by atomic mass is 35.5.